The average Bonchev–Trinajstić information content (AvgIpc) is 3.10. The van der Waals surface area contributed by atoms with Crippen LogP contribution in [0.5, 0.6) is 11.5 Å². The third kappa shape index (κ3) is 2.52. The van der Waals surface area contributed by atoms with E-state index in [1.807, 2.05) is 0 Å². The first-order valence-electron chi connectivity index (χ1n) is 6.12. The van der Waals surface area contributed by atoms with E-state index < -0.39 is 24.2 Å². The molecule has 108 valence electrons. The molecule has 0 saturated heterocycles. The maximum Gasteiger partial charge on any atom is 0.425 e. The van der Waals surface area contributed by atoms with Gasteiger partial charge in [0.05, 0.1) is 5.56 Å². The van der Waals surface area contributed by atoms with Gasteiger partial charge in [0.1, 0.15) is 0 Å². The lowest BCUT2D eigenvalue weighted by Crippen LogP contribution is -2.35. The van der Waals surface area contributed by atoms with Crippen LogP contribution >= 0.6 is 0 Å². The lowest BCUT2D eigenvalue weighted by molar-refractivity contribution is -0.210. The Bertz CT molecular complexity index is 537. The van der Waals surface area contributed by atoms with Gasteiger partial charge < -0.3 is 14.2 Å². The van der Waals surface area contributed by atoms with Crippen molar-refractivity contribution in [3.8, 4) is 11.5 Å². The summed E-state index contributed by atoms with van der Waals surface area (Å²) in [6.45, 7) is 0.0289. The molecular formula is C13H11F3O4. The van der Waals surface area contributed by atoms with E-state index in [0.717, 1.165) is 0 Å². The molecule has 0 spiro atoms. The molecule has 1 heterocycles. The summed E-state index contributed by atoms with van der Waals surface area (Å²) in [4.78, 5) is 11.8. The SMILES string of the molecule is O=C(O[C@@H](C1CC1)C(F)(F)F)c1ccc2c(c1)OCO2. The minimum Gasteiger partial charge on any atom is -0.454 e. The molecule has 7 heteroatoms. The fourth-order valence-corrected chi connectivity index (χ4v) is 2.04. The molecule has 0 aromatic heterocycles. The summed E-state index contributed by atoms with van der Waals surface area (Å²) in [6.07, 6.45) is -5.70. The summed E-state index contributed by atoms with van der Waals surface area (Å²) in [5.74, 6) is -0.837. The van der Waals surface area contributed by atoms with Gasteiger partial charge in [0.15, 0.2) is 17.6 Å². The van der Waals surface area contributed by atoms with E-state index >= 15 is 0 Å². The molecular weight excluding hydrogens is 277 g/mol. The largest absolute Gasteiger partial charge is 0.454 e. The third-order valence-corrected chi connectivity index (χ3v) is 3.22. The number of carbonyl (C=O) groups is 1. The summed E-state index contributed by atoms with van der Waals surface area (Å²) in [7, 11) is 0. The summed E-state index contributed by atoms with van der Waals surface area (Å²) in [6, 6.07) is 4.15. The standard InChI is InChI=1S/C13H11F3O4/c14-13(15,16)11(7-1-2-7)20-12(17)8-3-4-9-10(5-8)19-6-18-9/h3-5,7,11H,1-2,6H2/t11-/m0/s1. The van der Waals surface area contributed by atoms with Crippen LogP contribution < -0.4 is 9.47 Å². The van der Waals surface area contributed by atoms with Crippen molar-refractivity contribution in [3.05, 3.63) is 23.8 Å². The molecule has 1 atom stereocenters. The molecule has 1 aliphatic heterocycles. The lowest BCUT2D eigenvalue weighted by atomic mass is 10.2. The second-order valence-corrected chi connectivity index (χ2v) is 4.77. The monoisotopic (exact) mass is 288 g/mol. The van der Waals surface area contributed by atoms with Crippen molar-refractivity contribution in [2.45, 2.75) is 25.1 Å². The zero-order valence-electron chi connectivity index (χ0n) is 10.3. The van der Waals surface area contributed by atoms with Gasteiger partial charge in [0.25, 0.3) is 0 Å². The zero-order valence-corrected chi connectivity index (χ0v) is 10.3. The van der Waals surface area contributed by atoms with Crippen LogP contribution in [-0.2, 0) is 4.74 Å². The average molecular weight is 288 g/mol. The highest BCUT2D eigenvalue weighted by molar-refractivity contribution is 5.90. The Hall–Kier alpha value is -1.92. The highest BCUT2D eigenvalue weighted by atomic mass is 19.4. The van der Waals surface area contributed by atoms with Crippen LogP contribution in [0.3, 0.4) is 0 Å². The Morgan fingerprint density at radius 3 is 2.60 bits per heavy atom. The van der Waals surface area contributed by atoms with Crippen LogP contribution in [0, 0.1) is 5.92 Å². The number of halogens is 3. The molecule has 0 bridgehead atoms. The van der Waals surface area contributed by atoms with Crippen molar-refractivity contribution in [3.63, 3.8) is 0 Å². The number of rotatable bonds is 3. The molecule has 2 aliphatic rings. The summed E-state index contributed by atoms with van der Waals surface area (Å²) < 4.78 is 53.1. The molecule has 1 aliphatic carbocycles. The number of hydrogen-bond donors (Lipinski definition) is 0. The van der Waals surface area contributed by atoms with Gasteiger partial charge in [-0.3, -0.25) is 0 Å². The van der Waals surface area contributed by atoms with Crippen LogP contribution in [0.15, 0.2) is 18.2 Å². The molecule has 1 fully saturated rings. The first kappa shape index (κ1) is 13.1. The van der Waals surface area contributed by atoms with Crippen molar-refractivity contribution in [1.82, 2.24) is 0 Å². The van der Waals surface area contributed by atoms with Gasteiger partial charge in [-0.25, -0.2) is 4.79 Å². The third-order valence-electron chi connectivity index (χ3n) is 3.22. The van der Waals surface area contributed by atoms with Gasteiger partial charge in [-0.15, -0.1) is 0 Å². The van der Waals surface area contributed by atoms with Gasteiger partial charge in [-0.1, -0.05) is 0 Å². The van der Waals surface area contributed by atoms with Gasteiger partial charge >= 0.3 is 12.1 Å². The summed E-state index contributed by atoms with van der Waals surface area (Å²) in [5.41, 5.74) is 0.0177. The maximum absolute atomic E-state index is 12.8. The Morgan fingerprint density at radius 2 is 1.95 bits per heavy atom. The Labute approximate surface area is 112 Å². The molecule has 0 radical (unpaired) electrons. The van der Waals surface area contributed by atoms with Crippen molar-refractivity contribution < 1.29 is 32.2 Å². The van der Waals surface area contributed by atoms with E-state index in [2.05, 4.69) is 4.74 Å². The Kier molecular flexibility index (Phi) is 2.99. The van der Waals surface area contributed by atoms with E-state index in [1.54, 1.807) is 0 Å². The predicted molar refractivity (Wildman–Crippen MR) is 60.5 cm³/mol. The highest BCUT2D eigenvalue weighted by Gasteiger charge is 2.51. The topological polar surface area (TPSA) is 44.8 Å². The van der Waals surface area contributed by atoms with Crippen molar-refractivity contribution in [1.29, 1.82) is 0 Å². The first-order valence-corrected chi connectivity index (χ1v) is 6.12. The number of fused-ring (bicyclic) bond motifs is 1. The normalized spacial score (nSPS) is 18.8. The molecule has 1 saturated carbocycles. The summed E-state index contributed by atoms with van der Waals surface area (Å²) in [5, 5.41) is 0. The number of benzene rings is 1. The molecule has 1 aromatic rings. The minimum absolute atomic E-state index is 0.0177. The fourth-order valence-electron chi connectivity index (χ4n) is 2.04. The number of carbonyl (C=O) groups excluding carboxylic acids is 1. The second-order valence-electron chi connectivity index (χ2n) is 4.77. The molecule has 0 unspecified atom stereocenters. The van der Waals surface area contributed by atoms with Crippen molar-refractivity contribution in [2.75, 3.05) is 6.79 Å². The first-order chi connectivity index (χ1) is 9.45. The van der Waals surface area contributed by atoms with Crippen molar-refractivity contribution in [2.24, 2.45) is 5.92 Å². The quantitative estimate of drug-likeness (QED) is 0.802. The van der Waals surface area contributed by atoms with Crippen LogP contribution in [0.25, 0.3) is 0 Å². The van der Waals surface area contributed by atoms with E-state index in [4.69, 9.17) is 9.47 Å². The minimum atomic E-state index is -4.53. The van der Waals surface area contributed by atoms with Crippen LogP contribution in [0.4, 0.5) is 13.2 Å². The zero-order chi connectivity index (χ0) is 14.3. The number of hydrogen-bond acceptors (Lipinski definition) is 4. The van der Waals surface area contributed by atoms with E-state index in [0.29, 0.717) is 24.3 Å². The smallest absolute Gasteiger partial charge is 0.425 e. The number of esters is 1. The van der Waals surface area contributed by atoms with Gasteiger partial charge in [-0.05, 0) is 31.0 Å². The molecule has 0 N–H and O–H groups in total. The van der Waals surface area contributed by atoms with E-state index in [-0.39, 0.29) is 12.4 Å². The van der Waals surface area contributed by atoms with E-state index in [1.165, 1.54) is 18.2 Å². The van der Waals surface area contributed by atoms with Crippen LogP contribution in [0.1, 0.15) is 23.2 Å². The number of ether oxygens (including phenoxy) is 3. The summed E-state index contributed by atoms with van der Waals surface area (Å²) >= 11 is 0. The predicted octanol–water partition coefficient (Wildman–Crippen LogP) is 2.91. The highest BCUT2D eigenvalue weighted by Crippen LogP contribution is 2.42. The molecule has 4 nitrogen and oxygen atoms in total. The molecule has 3 rings (SSSR count). The molecule has 0 amide bonds. The van der Waals surface area contributed by atoms with Crippen LogP contribution in [0.2, 0.25) is 0 Å². The van der Waals surface area contributed by atoms with Crippen molar-refractivity contribution >= 4 is 5.97 Å². The fraction of sp³-hybridized carbons (Fsp3) is 0.462. The van der Waals surface area contributed by atoms with Gasteiger partial charge in [0.2, 0.25) is 6.79 Å². The Balaban J connectivity index is 1.75. The lowest BCUT2D eigenvalue weighted by Gasteiger charge is -2.20. The molecule has 1 aromatic carbocycles. The van der Waals surface area contributed by atoms with Gasteiger partial charge in [0, 0.05) is 5.92 Å². The second kappa shape index (κ2) is 4.57. The number of alkyl halides is 3. The van der Waals surface area contributed by atoms with E-state index in [9.17, 15) is 18.0 Å². The molecule has 20 heavy (non-hydrogen) atoms. The Morgan fingerprint density at radius 1 is 1.25 bits per heavy atom. The maximum atomic E-state index is 12.8. The van der Waals surface area contributed by atoms with Gasteiger partial charge in [-0.2, -0.15) is 13.2 Å². The van der Waals surface area contributed by atoms with Crippen LogP contribution in [-0.4, -0.2) is 25.0 Å².